The minimum absolute atomic E-state index is 0.0922. The van der Waals surface area contributed by atoms with Gasteiger partial charge in [0.2, 0.25) is 5.91 Å². The van der Waals surface area contributed by atoms with E-state index in [0.29, 0.717) is 23.4 Å². The molecule has 1 saturated carbocycles. The van der Waals surface area contributed by atoms with E-state index in [4.69, 9.17) is 5.73 Å². The maximum atomic E-state index is 13.3. The molecule has 1 heterocycles. The zero-order valence-corrected chi connectivity index (χ0v) is 17.3. The van der Waals surface area contributed by atoms with Crippen LogP contribution in [0.4, 0.5) is 13.2 Å². The summed E-state index contributed by atoms with van der Waals surface area (Å²) in [5.41, 5.74) is 6.75. The Morgan fingerprint density at radius 2 is 1.84 bits per heavy atom. The van der Waals surface area contributed by atoms with E-state index in [9.17, 15) is 22.8 Å². The number of nitrogens with two attached hydrogens (primary N) is 1. The van der Waals surface area contributed by atoms with Gasteiger partial charge in [-0.25, -0.2) is 4.68 Å². The molecule has 0 saturated heterocycles. The molecule has 0 bridgehead atoms. The number of primary amides is 1. The summed E-state index contributed by atoms with van der Waals surface area (Å²) in [6.45, 7) is 2.00. The van der Waals surface area contributed by atoms with Crippen molar-refractivity contribution in [1.82, 2.24) is 14.7 Å². The summed E-state index contributed by atoms with van der Waals surface area (Å²) in [4.78, 5) is 26.3. The quantitative estimate of drug-likeness (QED) is 0.624. The van der Waals surface area contributed by atoms with Gasteiger partial charge in [-0.2, -0.15) is 18.3 Å². The molecule has 2 aromatic carbocycles. The van der Waals surface area contributed by atoms with Crippen molar-refractivity contribution in [2.24, 2.45) is 5.73 Å². The molecule has 2 N–H and O–H groups in total. The maximum Gasteiger partial charge on any atom is 0.416 e. The number of nitrogens with zero attached hydrogens (tertiary/aromatic N) is 3. The van der Waals surface area contributed by atoms with E-state index in [1.807, 2.05) is 0 Å². The lowest BCUT2D eigenvalue weighted by molar-refractivity contribution is -0.137. The fraction of sp³-hybridized carbons (Fsp3) is 0.261. The van der Waals surface area contributed by atoms with Gasteiger partial charge in [-0.15, -0.1) is 0 Å². The largest absolute Gasteiger partial charge is 0.416 e. The van der Waals surface area contributed by atoms with Gasteiger partial charge in [-0.3, -0.25) is 9.59 Å². The van der Waals surface area contributed by atoms with Crippen molar-refractivity contribution in [3.8, 4) is 5.69 Å². The molecular formula is C23H21F3N4O2. The second-order valence-electron chi connectivity index (χ2n) is 7.83. The molecular weight excluding hydrogens is 421 g/mol. The van der Waals surface area contributed by atoms with Gasteiger partial charge in [0.1, 0.15) is 0 Å². The Morgan fingerprint density at radius 1 is 1.16 bits per heavy atom. The van der Waals surface area contributed by atoms with Crippen LogP contribution in [-0.4, -0.2) is 32.5 Å². The summed E-state index contributed by atoms with van der Waals surface area (Å²) in [6.07, 6.45) is -1.32. The van der Waals surface area contributed by atoms with Crippen molar-refractivity contribution < 1.29 is 22.8 Å². The first-order valence-electron chi connectivity index (χ1n) is 10.1. The van der Waals surface area contributed by atoms with E-state index in [1.165, 1.54) is 23.0 Å². The van der Waals surface area contributed by atoms with Gasteiger partial charge in [0.05, 0.1) is 28.7 Å². The highest BCUT2D eigenvalue weighted by Crippen LogP contribution is 2.32. The number of hydrogen-bond acceptors (Lipinski definition) is 3. The summed E-state index contributed by atoms with van der Waals surface area (Å²) in [7, 11) is 0. The van der Waals surface area contributed by atoms with E-state index in [0.717, 1.165) is 30.5 Å². The first kappa shape index (κ1) is 21.6. The highest BCUT2D eigenvalue weighted by atomic mass is 19.4. The molecule has 3 aromatic rings. The third-order valence-electron chi connectivity index (χ3n) is 5.50. The van der Waals surface area contributed by atoms with Crippen LogP contribution in [0.2, 0.25) is 0 Å². The van der Waals surface area contributed by atoms with Gasteiger partial charge in [0.25, 0.3) is 5.91 Å². The number of carbonyl (C=O) groups is 2. The second kappa shape index (κ2) is 8.14. The lowest BCUT2D eigenvalue weighted by atomic mass is 10.1. The number of carbonyl (C=O) groups excluding carboxylic acids is 2. The maximum absolute atomic E-state index is 13.3. The van der Waals surface area contributed by atoms with E-state index in [-0.39, 0.29) is 17.6 Å². The minimum atomic E-state index is -4.47. The molecule has 1 fully saturated rings. The van der Waals surface area contributed by atoms with Crippen LogP contribution in [-0.2, 0) is 12.7 Å². The Morgan fingerprint density at radius 3 is 2.44 bits per heavy atom. The highest BCUT2D eigenvalue weighted by Gasteiger charge is 2.35. The summed E-state index contributed by atoms with van der Waals surface area (Å²) < 4.78 is 40.6. The van der Waals surface area contributed by atoms with Crippen LogP contribution in [0.15, 0.2) is 54.7 Å². The van der Waals surface area contributed by atoms with Crippen LogP contribution in [0, 0.1) is 6.92 Å². The number of alkyl halides is 3. The number of aromatic nitrogens is 2. The number of rotatable bonds is 6. The average molecular weight is 442 g/mol. The van der Waals surface area contributed by atoms with Gasteiger partial charge in [0, 0.05) is 18.2 Å². The standard InChI is InChI=1S/C23H21F3N4O2/c1-14-20(12-28-30(14)19-4-2-3-17(11-19)23(24,25)26)22(32)29(18-9-10-18)13-15-5-7-16(8-6-15)21(27)31/h2-8,11-12,18H,9-10,13H2,1H3,(H2,27,31). The molecule has 0 atom stereocenters. The first-order chi connectivity index (χ1) is 15.1. The average Bonchev–Trinajstić information content (AvgIpc) is 3.52. The first-order valence-corrected chi connectivity index (χ1v) is 10.1. The summed E-state index contributed by atoms with van der Waals surface area (Å²) >= 11 is 0. The van der Waals surface area contributed by atoms with Crippen LogP contribution >= 0.6 is 0 Å². The summed E-state index contributed by atoms with van der Waals surface area (Å²) in [6, 6.07) is 11.7. The van der Waals surface area contributed by atoms with Crippen LogP contribution in [0.25, 0.3) is 5.69 Å². The van der Waals surface area contributed by atoms with Crippen molar-refractivity contribution in [3.05, 3.63) is 82.7 Å². The molecule has 0 radical (unpaired) electrons. The van der Waals surface area contributed by atoms with Crippen LogP contribution in [0.5, 0.6) is 0 Å². The smallest absolute Gasteiger partial charge is 0.366 e. The molecule has 0 aliphatic heterocycles. The lowest BCUT2D eigenvalue weighted by Crippen LogP contribution is -2.33. The highest BCUT2D eigenvalue weighted by molar-refractivity contribution is 5.95. The Bertz CT molecular complexity index is 1160. The van der Waals surface area contributed by atoms with Crippen molar-refractivity contribution in [3.63, 3.8) is 0 Å². The molecule has 1 aromatic heterocycles. The van der Waals surface area contributed by atoms with Crippen LogP contribution in [0.3, 0.4) is 0 Å². The second-order valence-corrected chi connectivity index (χ2v) is 7.83. The number of amides is 2. The van der Waals surface area contributed by atoms with Crippen molar-refractivity contribution in [2.45, 2.75) is 38.5 Å². The zero-order chi connectivity index (χ0) is 23.0. The Balaban J connectivity index is 1.60. The molecule has 6 nitrogen and oxygen atoms in total. The van der Waals surface area contributed by atoms with E-state index >= 15 is 0 Å². The summed E-state index contributed by atoms with van der Waals surface area (Å²) in [5, 5.41) is 4.18. The van der Waals surface area contributed by atoms with Gasteiger partial charge in [-0.05, 0) is 55.7 Å². The van der Waals surface area contributed by atoms with Gasteiger partial charge < -0.3 is 10.6 Å². The summed E-state index contributed by atoms with van der Waals surface area (Å²) in [5.74, 6) is -0.758. The molecule has 166 valence electrons. The van der Waals surface area contributed by atoms with Crippen LogP contribution < -0.4 is 5.73 Å². The normalized spacial score (nSPS) is 13.8. The number of halogens is 3. The number of benzene rings is 2. The molecule has 4 rings (SSSR count). The minimum Gasteiger partial charge on any atom is -0.366 e. The van der Waals surface area contributed by atoms with Crippen LogP contribution in [0.1, 0.15) is 50.4 Å². The van der Waals surface area contributed by atoms with Crippen molar-refractivity contribution >= 4 is 11.8 Å². The predicted octanol–water partition coefficient (Wildman–Crippen LogP) is 4.10. The molecule has 0 unspecified atom stereocenters. The van der Waals surface area contributed by atoms with Crippen molar-refractivity contribution in [1.29, 1.82) is 0 Å². The molecule has 32 heavy (non-hydrogen) atoms. The fourth-order valence-corrected chi connectivity index (χ4v) is 3.57. The topological polar surface area (TPSA) is 81.2 Å². The van der Waals surface area contributed by atoms with E-state index in [1.54, 1.807) is 36.1 Å². The van der Waals surface area contributed by atoms with E-state index < -0.39 is 17.6 Å². The van der Waals surface area contributed by atoms with Gasteiger partial charge in [0.15, 0.2) is 0 Å². The van der Waals surface area contributed by atoms with Gasteiger partial charge >= 0.3 is 6.18 Å². The number of hydrogen-bond donors (Lipinski definition) is 1. The van der Waals surface area contributed by atoms with Gasteiger partial charge in [-0.1, -0.05) is 18.2 Å². The molecule has 1 aliphatic carbocycles. The predicted molar refractivity (Wildman–Crippen MR) is 111 cm³/mol. The monoisotopic (exact) mass is 442 g/mol. The third kappa shape index (κ3) is 4.37. The van der Waals surface area contributed by atoms with E-state index in [2.05, 4.69) is 5.10 Å². The molecule has 0 spiro atoms. The van der Waals surface area contributed by atoms with Crippen molar-refractivity contribution in [2.75, 3.05) is 0 Å². The Kier molecular flexibility index (Phi) is 5.50. The molecule has 2 amide bonds. The molecule has 9 heteroatoms. The third-order valence-corrected chi connectivity index (χ3v) is 5.50. The Labute approximate surface area is 182 Å². The Hall–Kier alpha value is -3.62. The lowest BCUT2D eigenvalue weighted by Gasteiger charge is -2.22. The molecule has 1 aliphatic rings. The zero-order valence-electron chi connectivity index (χ0n) is 17.3. The fourth-order valence-electron chi connectivity index (χ4n) is 3.57. The SMILES string of the molecule is Cc1c(C(=O)N(Cc2ccc(C(N)=O)cc2)C2CC2)cnn1-c1cccc(C(F)(F)F)c1.